The van der Waals surface area contributed by atoms with Crippen LogP contribution in [0.3, 0.4) is 0 Å². The summed E-state index contributed by atoms with van der Waals surface area (Å²) in [6, 6.07) is 2.98. The third-order valence-electron chi connectivity index (χ3n) is 3.03. The maximum absolute atomic E-state index is 10.9. The molecule has 1 aliphatic rings. The summed E-state index contributed by atoms with van der Waals surface area (Å²) in [4.78, 5) is 27.2. The third-order valence-corrected chi connectivity index (χ3v) is 3.03. The first-order chi connectivity index (χ1) is 8.49. The molecule has 0 amide bonds. The predicted octanol–water partition coefficient (Wildman–Crippen LogP) is 1.21. The average molecular weight is 251 g/mol. The van der Waals surface area contributed by atoms with Gasteiger partial charge in [-0.15, -0.1) is 0 Å². The first-order valence-corrected chi connectivity index (χ1v) is 5.59. The van der Waals surface area contributed by atoms with Gasteiger partial charge in [0.1, 0.15) is 0 Å². The summed E-state index contributed by atoms with van der Waals surface area (Å²) >= 11 is 0. The van der Waals surface area contributed by atoms with Crippen molar-refractivity contribution in [1.29, 1.82) is 0 Å². The highest BCUT2D eigenvalue weighted by Crippen LogP contribution is 2.30. The fourth-order valence-electron chi connectivity index (χ4n) is 2.07. The Balaban J connectivity index is 2.31. The molecule has 0 aliphatic carbocycles. The lowest BCUT2D eigenvalue weighted by Gasteiger charge is -2.16. The van der Waals surface area contributed by atoms with Crippen LogP contribution in [-0.4, -0.2) is 34.1 Å². The second kappa shape index (κ2) is 4.59. The molecule has 18 heavy (non-hydrogen) atoms. The highest BCUT2D eigenvalue weighted by Gasteiger charge is 2.32. The second-order valence-electron chi connectivity index (χ2n) is 4.32. The zero-order valence-electron chi connectivity index (χ0n) is 9.87. The van der Waals surface area contributed by atoms with E-state index in [0.717, 1.165) is 0 Å². The van der Waals surface area contributed by atoms with Crippen LogP contribution in [0.4, 0.5) is 11.5 Å². The smallest absolute Gasteiger partial charge is 0.311 e. The second-order valence-corrected chi connectivity index (χ2v) is 4.32. The molecule has 96 valence electrons. The molecule has 0 radical (unpaired) electrons. The van der Waals surface area contributed by atoms with E-state index in [1.807, 2.05) is 0 Å². The Hall–Kier alpha value is -2.18. The normalized spacial score (nSPS) is 18.9. The summed E-state index contributed by atoms with van der Waals surface area (Å²) in [6.07, 6.45) is 0.488. The van der Waals surface area contributed by atoms with Gasteiger partial charge in [0.25, 0.3) is 0 Å². The number of hydrogen-bond acceptors (Lipinski definition) is 5. The van der Waals surface area contributed by atoms with Crippen molar-refractivity contribution in [2.45, 2.75) is 13.3 Å². The largest absolute Gasteiger partial charge is 0.481 e. The molecule has 0 aromatic carbocycles. The molecule has 0 spiro atoms. The quantitative estimate of drug-likeness (QED) is 0.640. The number of rotatable bonds is 3. The number of pyridine rings is 1. The minimum atomic E-state index is -0.868. The molecule has 1 atom stereocenters. The van der Waals surface area contributed by atoms with Gasteiger partial charge in [0.2, 0.25) is 5.82 Å². The molecule has 2 rings (SSSR count). The molecule has 7 heteroatoms. The van der Waals surface area contributed by atoms with Crippen molar-refractivity contribution in [3.8, 4) is 0 Å². The summed E-state index contributed by atoms with van der Waals surface area (Å²) < 4.78 is 0. The average Bonchev–Trinajstić information content (AvgIpc) is 2.77. The van der Waals surface area contributed by atoms with Crippen molar-refractivity contribution in [2.24, 2.45) is 5.92 Å². The minimum Gasteiger partial charge on any atom is -0.481 e. The van der Waals surface area contributed by atoms with E-state index in [9.17, 15) is 14.9 Å². The van der Waals surface area contributed by atoms with Gasteiger partial charge in [-0.05, 0) is 19.4 Å². The van der Waals surface area contributed by atoms with Crippen LogP contribution in [0, 0.1) is 23.0 Å². The lowest BCUT2D eigenvalue weighted by atomic mass is 10.1. The van der Waals surface area contributed by atoms with Crippen LogP contribution < -0.4 is 4.90 Å². The first-order valence-electron chi connectivity index (χ1n) is 5.59. The fourth-order valence-corrected chi connectivity index (χ4v) is 2.07. The molecule has 1 N–H and O–H groups in total. The van der Waals surface area contributed by atoms with Gasteiger partial charge in [0.05, 0.1) is 10.8 Å². The van der Waals surface area contributed by atoms with Gasteiger partial charge in [-0.25, -0.2) is 4.98 Å². The Morgan fingerprint density at radius 3 is 2.89 bits per heavy atom. The topological polar surface area (TPSA) is 96.6 Å². The Labute approximate surface area is 103 Å². The molecule has 0 bridgehead atoms. The zero-order chi connectivity index (χ0) is 13.3. The van der Waals surface area contributed by atoms with E-state index in [-0.39, 0.29) is 18.1 Å². The van der Waals surface area contributed by atoms with Gasteiger partial charge in [-0.2, -0.15) is 0 Å². The van der Waals surface area contributed by atoms with E-state index in [0.29, 0.717) is 18.7 Å². The Morgan fingerprint density at radius 2 is 2.33 bits per heavy atom. The van der Waals surface area contributed by atoms with Crippen molar-refractivity contribution >= 4 is 17.5 Å². The number of hydrogen-bond donors (Lipinski definition) is 1. The van der Waals surface area contributed by atoms with Gasteiger partial charge < -0.3 is 10.0 Å². The molecule has 1 aromatic rings. The number of nitrogens with zero attached hydrogens (tertiary/aromatic N) is 3. The monoisotopic (exact) mass is 251 g/mol. The van der Waals surface area contributed by atoms with Crippen molar-refractivity contribution in [3.05, 3.63) is 27.9 Å². The molecular weight excluding hydrogens is 238 g/mol. The highest BCUT2D eigenvalue weighted by atomic mass is 16.6. The summed E-state index contributed by atoms with van der Waals surface area (Å²) in [5, 5.41) is 19.9. The number of aromatic nitrogens is 1. The molecule has 0 saturated carbocycles. The summed E-state index contributed by atoms with van der Waals surface area (Å²) in [5.41, 5.74) is 0.598. The molecule has 1 fully saturated rings. The van der Waals surface area contributed by atoms with Crippen LogP contribution in [0.25, 0.3) is 0 Å². The van der Waals surface area contributed by atoms with Crippen LogP contribution >= 0.6 is 0 Å². The van der Waals surface area contributed by atoms with Gasteiger partial charge >= 0.3 is 11.7 Å². The molecular formula is C11H13N3O4. The number of aliphatic carboxylic acids is 1. The standard InChI is InChI=1S/C11H13N3O4/c1-7-2-3-9(14(17)18)10(12-7)13-5-4-8(6-13)11(15)16/h2-3,8H,4-6H2,1H3,(H,15,16). The predicted molar refractivity (Wildman–Crippen MR) is 63.6 cm³/mol. The molecule has 1 aliphatic heterocycles. The summed E-state index contributed by atoms with van der Waals surface area (Å²) in [6.45, 7) is 2.50. The van der Waals surface area contributed by atoms with Crippen LogP contribution in [-0.2, 0) is 4.79 Å². The van der Waals surface area contributed by atoms with Crippen molar-refractivity contribution in [1.82, 2.24) is 4.98 Å². The van der Waals surface area contributed by atoms with Gasteiger partial charge in [-0.1, -0.05) is 0 Å². The van der Waals surface area contributed by atoms with Gasteiger partial charge in [0.15, 0.2) is 0 Å². The number of nitro groups is 1. The third kappa shape index (κ3) is 2.24. The van der Waals surface area contributed by atoms with E-state index in [4.69, 9.17) is 5.11 Å². The van der Waals surface area contributed by atoms with Crippen LogP contribution in [0.1, 0.15) is 12.1 Å². The number of carboxylic acids is 1. The van der Waals surface area contributed by atoms with Crippen LogP contribution in [0.2, 0.25) is 0 Å². The maximum atomic E-state index is 10.9. The fraction of sp³-hybridized carbons (Fsp3) is 0.455. The molecule has 1 unspecified atom stereocenters. The summed E-state index contributed by atoms with van der Waals surface area (Å²) in [7, 11) is 0. The molecule has 7 nitrogen and oxygen atoms in total. The minimum absolute atomic E-state index is 0.0772. The number of aryl methyl sites for hydroxylation is 1. The molecule has 1 aromatic heterocycles. The van der Waals surface area contributed by atoms with Crippen LogP contribution in [0.5, 0.6) is 0 Å². The first kappa shape index (κ1) is 12.3. The van der Waals surface area contributed by atoms with E-state index < -0.39 is 16.8 Å². The van der Waals surface area contributed by atoms with Crippen molar-refractivity contribution in [3.63, 3.8) is 0 Å². The number of carboxylic acid groups (broad SMARTS) is 1. The zero-order valence-corrected chi connectivity index (χ0v) is 9.87. The number of anilines is 1. The Bertz CT molecular complexity index is 503. The SMILES string of the molecule is Cc1ccc([N+](=O)[O-])c(N2CCC(C(=O)O)C2)n1. The van der Waals surface area contributed by atoms with Gasteiger partial charge in [-0.3, -0.25) is 14.9 Å². The Morgan fingerprint density at radius 1 is 1.61 bits per heavy atom. The van der Waals surface area contributed by atoms with Crippen molar-refractivity contribution in [2.75, 3.05) is 18.0 Å². The van der Waals surface area contributed by atoms with Gasteiger partial charge in [0, 0.05) is 24.8 Å². The van der Waals surface area contributed by atoms with E-state index in [1.54, 1.807) is 17.9 Å². The van der Waals surface area contributed by atoms with Crippen LogP contribution in [0.15, 0.2) is 12.1 Å². The lowest BCUT2D eigenvalue weighted by molar-refractivity contribution is -0.384. The van der Waals surface area contributed by atoms with E-state index in [1.165, 1.54) is 6.07 Å². The maximum Gasteiger partial charge on any atom is 0.311 e. The van der Waals surface area contributed by atoms with Crippen molar-refractivity contribution < 1.29 is 14.8 Å². The van der Waals surface area contributed by atoms with E-state index in [2.05, 4.69) is 4.98 Å². The summed E-state index contributed by atoms with van der Waals surface area (Å²) in [5.74, 6) is -1.08. The number of carbonyl (C=O) groups is 1. The highest BCUT2D eigenvalue weighted by molar-refractivity contribution is 5.72. The Kier molecular flexibility index (Phi) is 3.14. The van der Waals surface area contributed by atoms with E-state index >= 15 is 0 Å². The molecule has 1 saturated heterocycles. The molecule has 2 heterocycles. The lowest BCUT2D eigenvalue weighted by Crippen LogP contribution is -2.24.